The van der Waals surface area contributed by atoms with Crippen LogP contribution in [0.1, 0.15) is 5.56 Å². The molecule has 2 N–H and O–H groups in total. The fourth-order valence-electron chi connectivity index (χ4n) is 1.64. The van der Waals surface area contributed by atoms with Crippen LogP contribution in [-0.2, 0) is 16.0 Å². The minimum Gasteiger partial charge on any atom is -0.398 e. The highest BCUT2D eigenvalue weighted by molar-refractivity contribution is 6.33. The third-order valence-electron chi connectivity index (χ3n) is 2.69. The molecule has 0 atom stereocenters. The van der Waals surface area contributed by atoms with Crippen molar-refractivity contribution in [2.24, 2.45) is 0 Å². The van der Waals surface area contributed by atoms with Gasteiger partial charge in [0.05, 0.1) is 23.9 Å². The number of ether oxygens (including phenoxy) is 2. The molecule has 0 spiro atoms. The molecule has 1 rings (SSSR count). The van der Waals surface area contributed by atoms with Crippen molar-refractivity contribution in [2.45, 2.75) is 6.54 Å². The largest absolute Gasteiger partial charge is 0.398 e. The number of benzene rings is 1. The fourth-order valence-corrected chi connectivity index (χ4v) is 1.84. The molecule has 0 unspecified atom stereocenters. The Hall–Kier alpha value is -0.810. The normalized spacial score (nSPS) is 11.1. The van der Waals surface area contributed by atoms with E-state index < -0.39 is 0 Å². The molecule has 4 nitrogen and oxygen atoms in total. The second-order valence-corrected chi connectivity index (χ2v) is 4.52. The standard InChI is InChI=1S/C13H21ClN2O2/c1-17-7-5-16(6-8-18-2)10-11-3-4-13(15)12(14)9-11/h3-4,9H,5-8,10,15H2,1-2H3. The zero-order valence-corrected chi connectivity index (χ0v) is 11.7. The van der Waals surface area contributed by atoms with Crippen LogP contribution < -0.4 is 5.73 Å². The summed E-state index contributed by atoms with van der Waals surface area (Å²) in [6.45, 7) is 3.94. The Morgan fingerprint density at radius 3 is 2.28 bits per heavy atom. The third kappa shape index (κ3) is 5.23. The first kappa shape index (κ1) is 15.2. The molecule has 0 saturated carbocycles. The quantitative estimate of drug-likeness (QED) is 0.736. The number of nitrogen functional groups attached to an aromatic ring is 1. The summed E-state index contributed by atoms with van der Waals surface area (Å²) >= 11 is 6.01. The average molecular weight is 273 g/mol. The van der Waals surface area contributed by atoms with E-state index >= 15 is 0 Å². The molecule has 0 heterocycles. The van der Waals surface area contributed by atoms with Crippen LogP contribution in [0.3, 0.4) is 0 Å². The maximum atomic E-state index is 6.01. The lowest BCUT2D eigenvalue weighted by molar-refractivity contribution is 0.110. The van der Waals surface area contributed by atoms with E-state index in [1.165, 1.54) is 0 Å². The molecule has 102 valence electrons. The van der Waals surface area contributed by atoms with Crippen LogP contribution >= 0.6 is 11.6 Å². The Morgan fingerprint density at radius 2 is 1.78 bits per heavy atom. The Morgan fingerprint density at radius 1 is 1.17 bits per heavy atom. The lowest BCUT2D eigenvalue weighted by atomic mass is 10.2. The SMILES string of the molecule is COCCN(CCOC)Cc1ccc(N)c(Cl)c1. The van der Waals surface area contributed by atoms with Crippen LogP contribution in [-0.4, -0.2) is 45.4 Å². The smallest absolute Gasteiger partial charge is 0.0638 e. The molecule has 1 aromatic carbocycles. The molecule has 0 radical (unpaired) electrons. The van der Waals surface area contributed by atoms with Gasteiger partial charge in [0.15, 0.2) is 0 Å². The van der Waals surface area contributed by atoms with E-state index in [0.29, 0.717) is 23.9 Å². The van der Waals surface area contributed by atoms with Crippen molar-refractivity contribution in [1.82, 2.24) is 4.90 Å². The van der Waals surface area contributed by atoms with Gasteiger partial charge in [-0.05, 0) is 17.7 Å². The average Bonchev–Trinajstić information content (AvgIpc) is 2.37. The van der Waals surface area contributed by atoms with Crippen molar-refractivity contribution in [3.05, 3.63) is 28.8 Å². The van der Waals surface area contributed by atoms with E-state index in [9.17, 15) is 0 Å². The Kier molecular flexibility index (Phi) is 7.05. The van der Waals surface area contributed by atoms with Gasteiger partial charge >= 0.3 is 0 Å². The summed E-state index contributed by atoms with van der Waals surface area (Å²) in [6, 6.07) is 5.74. The molecule has 1 aromatic rings. The van der Waals surface area contributed by atoms with Crippen molar-refractivity contribution in [2.75, 3.05) is 46.3 Å². The number of anilines is 1. The maximum absolute atomic E-state index is 6.01. The van der Waals surface area contributed by atoms with Crippen molar-refractivity contribution in [3.63, 3.8) is 0 Å². The summed E-state index contributed by atoms with van der Waals surface area (Å²) in [7, 11) is 3.41. The first-order chi connectivity index (χ1) is 8.67. The van der Waals surface area contributed by atoms with Crippen molar-refractivity contribution in [1.29, 1.82) is 0 Å². The van der Waals surface area contributed by atoms with Gasteiger partial charge in [-0.3, -0.25) is 4.90 Å². The molecule has 18 heavy (non-hydrogen) atoms. The molecule has 0 aliphatic heterocycles. The second-order valence-electron chi connectivity index (χ2n) is 4.12. The molecule has 0 aliphatic rings. The lowest BCUT2D eigenvalue weighted by Gasteiger charge is -2.21. The minimum atomic E-state index is 0.603. The van der Waals surface area contributed by atoms with Crippen LogP contribution in [0.5, 0.6) is 0 Å². The number of halogens is 1. The Bertz CT molecular complexity index is 353. The van der Waals surface area contributed by atoms with Gasteiger partial charge in [0, 0.05) is 33.9 Å². The molecule has 0 aliphatic carbocycles. The predicted octanol–water partition coefficient (Wildman–Crippen LogP) is 2.02. The Balaban J connectivity index is 2.59. The maximum Gasteiger partial charge on any atom is 0.0638 e. The zero-order valence-electron chi connectivity index (χ0n) is 11.0. The van der Waals surface area contributed by atoms with Gasteiger partial charge in [0.2, 0.25) is 0 Å². The molecule has 0 amide bonds. The van der Waals surface area contributed by atoms with Crippen molar-refractivity contribution >= 4 is 17.3 Å². The van der Waals surface area contributed by atoms with Gasteiger partial charge in [-0.2, -0.15) is 0 Å². The number of nitrogens with two attached hydrogens (primary N) is 1. The molecule has 0 aromatic heterocycles. The van der Waals surface area contributed by atoms with E-state index in [0.717, 1.165) is 25.2 Å². The van der Waals surface area contributed by atoms with Crippen LogP contribution in [0.15, 0.2) is 18.2 Å². The van der Waals surface area contributed by atoms with E-state index in [1.54, 1.807) is 14.2 Å². The number of nitrogens with zero attached hydrogens (tertiary/aromatic N) is 1. The van der Waals surface area contributed by atoms with Gasteiger partial charge in [0.1, 0.15) is 0 Å². The molecule has 5 heteroatoms. The van der Waals surface area contributed by atoms with Crippen LogP contribution in [0, 0.1) is 0 Å². The van der Waals surface area contributed by atoms with E-state index in [-0.39, 0.29) is 0 Å². The highest BCUT2D eigenvalue weighted by Gasteiger charge is 2.07. The molecular weight excluding hydrogens is 252 g/mol. The van der Waals surface area contributed by atoms with Crippen molar-refractivity contribution < 1.29 is 9.47 Å². The molecule has 0 saturated heterocycles. The Labute approximate surface area is 114 Å². The predicted molar refractivity (Wildman–Crippen MR) is 74.9 cm³/mol. The zero-order chi connectivity index (χ0) is 13.4. The van der Waals surface area contributed by atoms with Crippen LogP contribution in [0.4, 0.5) is 5.69 Å². The summed E-state index contributed by atoms with van der Waals surface area (Å²) in [5.41, 5.74) is 7.45. The van der Waals surface area contributed by atoms with Crippen molar-refractivity contribution in [3.8, 4) is 0 Å². The summed E-state index contributed by atoms with van der Waals surface area (Å²) in [4.78, 5) is 2.26. The monoisotopic (exact) mass is 272 g/mol. The highest BCUT2D eigenvalue weighted by Crippen LogP contribution is 2.20. The topological polar surface area (TPSA) is 47.7 Å². The molecule has 0 bridgehead atoms. The van der Waals surface area contributed by atoms with Gasteiger partial charge in [-0.1, -0.05) is 17.7 Å². The lowest BCUT2D eigenvalue weighted by Crippen LogP contribution is -2.30. The van der Waals surface area contributed by atoms with Gasteiger partial charge in [0.25, 0.3) is 0 Å². The second kappa shape index (κ2) is 8.32. The summed E-state index contributed by atoms with van der Waals surface area (Å²) in [6.07, 6.45) is 0. The summed E-state index contributed by atoms with van der Waals surface area (Å²) in [5.74, 6) is 0. The minimum absolute atomic E-state index is 0.603. The number of hydrogen-bond acceptors (Lipinski definition) is 4. The molecule has 0 fully saturated rings. The van der Waals surface area contributed by atoms with E-state index in [2.05, 4.69) is 4.90 Å². The first-order valence-electron chi connectivity index (χ1n) is 5.91. The fraction of sp³-hybridized carbons (Fsp3) is 0.538. The van der Waals surface area contributed by atoms with Gasteiger partial charge < -0.3 is 15.2 Å². The summed E-state index contributed by atoms with van der Waals surface area (Å²) in [5, 5.41) is 0.603. The van der Waals surface area contributed by atoms with E-state index in [1.807, 2.05) is 18.2 Å². The highest BCUT2D eigenvalue weighted by atomic mass is 35.5. The number of rotatable bonds is 8. The molecular formula is C13H21ClN2O2. The van der Waals surface area contributed by atoms with E-state index in [4.69, 9.17) is 26.8 Å². The number of hydrogen-bond donors (Lipinski definition) is 1. The summed E-state index contributed by atoms with van der Waals surface area (Å²) < 4.78 is 10.2. The first-order valence-corrected chi connectivity index (χ1v) is 6.29. The van der Waals surface area contributed by atoms with Gasteiger partial charge in [-0.15, -0.1) is 0 Å². The number of methoxy groups -OCH3 is 2. The third-order valence-corrected chi connectivity index (χ3v) is 3.02. The van der Waals surface area contributed by atoms with Crippen LogP contribution in [0.25, 0.3) is 0 Å². The van der Waals surface area contributed by atoms with Crippen LogP contribution in [0.2, 0.25) is 5.02 Å². The van der Waals surface area contributed by atoms with Gasteiger partial charge in [-0.25, -0.2) is 0 Å².